The number of amides is 1. The molecule has 0 saturated carbocycles. The molecule has 0 radical (unpaired) electrons. The zero-order chi connectivity index (χ0) is 17.5. The second-order valence-corrected chi connectivity index (χ2v) is 6.72. The fourth-order valence-electron chi connectivity index (χ4n) is 2.53. The van der Waals surface area contributed by atoms with Gasteiger partial charge in [0.1, 0.15) is 16.8 Å². The molecule has 1 fully saturated rings. The van der Waals surface area contributed by atoms with E-state index < -0.39 is 11.6 Å². The van der Waals surface area contributed by atoms with E-state index in [4.69, 9.17) is 4.74 Å². The molecule has 1 aliphatic heterocycles. The average Bonchev–Trinajstić information content (AvgIpc) is 2.86. The molecule has 3 rings (SSSR count). The minimum atomic E-state index is -0.505. The predicted molar refractivity (Wildman–Crippen MR) is 85.7 cm³/mol. The van der Waals surface area contributed by atoms with Gasteiger partial charge >= 0.3 is 12.1 Å². The van der Waals surface area contributed by atoms with E-state index in [1.54, 1.807) is 23.2 Å². The molecule has 0 N–H and O–H groups in total. The molecule has 128 valence electrons. The Morgan fingerprint density at radius 1 is 1.25 bits per heavy atom. The molecule has 0 aliphatic carbocycles. The number of aromatic nitrogens is 3. The molecule has 8 heteroatoms. The van der Waals surface area contributed by atoms with Crippen LogP contribution in [0.25, 0.3) is 11.0 Å². The summed E-state index contributed by atoms with van der Waals surface area (Å²) in [5.74, 6) is -0.482. The van der Waals surface area contributed by atoms with Crippen molar-refractivity contribution < 1.29 is 19.1 Å². The number of carbonyl (C=O) groups is 2. The number of hydrogen-bond donors (Lipinski definition) is 0. The smallest absolute Gasteiger partial charge is 0.410 e. The standard InChI is InChI=1S/C16H20N4O4/c1-16(2,3)24-15(22)19-8-10(9-19)20-13-6-5-11(14(21)23-4)18-12(13)7-17-20/h5-7,10H,8-9H2,1-4H3. The van der Waals surface area contributed by atoms with E-state index in [0.29, 0.717) is 18.6 Å². The van der Waals surface area contributed by atoms with Crippen molar-refractivity contribution in [1.29, 1.82) is 0 Å². The number of rotatable bonds is 2. The summed E-state index contributed by atoms with van der Waals surface area (Å²) in [5, 5.41) is 4.34. The fourth-order valence-corrected chi connectivity index (χ4v) is 2.53. The van der Waals surface area contributed by atoms with E-state index in [-0.39, 0.29) is 17.8 Å². The van der Waals surface area contributed by atoms with Crippen LogP contribution in [0.4, 0.5) is 4.79 Å². The van der Waals surface area contributed by atoms with Crippen molar-refractivity contribution in [1.82, 2.24) is 19.7 Å². The van der Waals surface area contributed by atoms with Crippen LogP contribution in [0.1, 0.15) is 37.3 Å². The quantitative estimate of drug-likeness (QED) is 0.782. The largest absolute Gasteiger partial charge is 0.464 e. The monoisotopic (exact) mass is 332 g/mol. The number of methoxy groups -OCH3 is 1. The lowest BCUT2D eigenvalue weighted by atomic mass is 10.1. The highest BCUT2D eigenvalue weighted by atomic mass is 16.6. The molecular weight excluding hydrogens is 312 g/mol. The van der Waals surface area contributed by atoms with E-state index in [1.807, 2.05) is 25.5 Å². The maximum atomic E-state index is 12.0. The molecule has 2 aromatic rings. The normalized spacial score (nSPS) is 15.2. The molecule has 1 aliphatic rings. The van der Waals surface area contributed by atoms with Crippen molar-refractivity contribution in [2.45, 2.75) is 32.4 Å². The van der Waals surface area contributed by atoms with Crippen LogP contribution in [0.5, 0.6) is 0 Å². The molecule has 8 nitrogen and oxygen atoms in total. The SMILES string of the molecule is COC(=O)c1ccc2c(cnn2C2CN(C(=O)OC(C)(C)C)C2)n1. The van der Waals surface area contributed by atoms with Gasteiger partial charge in [-0.1, -0.05) is 0 Å². The molecule has 0 unspecified atom stereocenters. The van der Waals surface area contributed by atoms with Gasteiger partial charge in [0.05, 0.1) is 24.9 Å². The van der Waals surface area contributed by atoms with Gasteiger partial charge in [-0.25, -0.2) is 14.6 Å². The first kappa shape index (κ1) is 16.2. The highest BCUT2D eigenvalue weighted by Crippen LogP contribution is 2.26. The number of carbonyl (C=O) groups excluding carboxylic acids is 2. The third-order valence-corrected chi connectivity index (χ3v) is 3.71. The highest BCUT2D eigenvalue weighted by molar-refractivity contribution is 5.90. The maximum absolute atomic E-state index is 12.0. The Kier molecular flexibility index (Phi) is 3.90. The van der Waals surface area contributed by atoms with Crippen molar-refractivity contribution in [3.63, 3.8) is 0 Å². The van der Waals surface area contributed by atoms with Crippen molar-refractivity contribution in [3.8, 4) is 0 Å². The van der Waals surface area contributed by atoms with E-state index in [9.17, 15) is 9.59 Å². The van der Waals surface area contributed by atoms with Gasteiger partial charge in [0.2, 0.25) is 0 Å². The van der Waals surface area contributed by atoms with Gasteiger partial charge in [0.25, 0.3) is 0 Å². The van der Waals surface area contributed by atoms with E-state index in [1.165, 1.54) is 7.11 Å². The molecule has 24 heavy (non-hydrogen) atoms. The molecule has 1 amide bonds. The summed E-state index contributed by atoms with van der Waals surface area (Å²) in [4.78, 5) is 29.4. The zero-order valence-corrected chi connectivity index (χ0v) is 14.1. The van der Waals surface area contributed by atoms with E-state index in [2.05, 4.69) is 14.8 Å². The second-order valence-electron chi connectivity index (χ2n) is 6.72. The van der Waals surface area contributed by atoms with Gasteiger partial charge in [0.15, 0.2) is 0 Å². The Morgan fingerprint density at radius 3 is 2.58 bits per heavy atom. The van der Waals surface area contributed by atoms with Gasteiger partial charge in [-0.2, -0.15) is 5.10 Å². The Bertz CT molecular complexity index is 787. The Hall–Kier alpha value is -2.64. The van der Waals surface area contributed by atoms with Gasteiger partial charge in [-0.3, -0.25) is 4.68 Å². The minimum Gasteiger partial charge on any atom is -0.464 e. The molecule has 1 saturated heterocycles. The molecule has 0 bridgehead atoms. The molecule has 2 aromatic heterocycles. The lowest BCUT2D eigenvalue weighted by molar-refractivity contribution is 0.000144. The number of pyridine rings is 1. The lowest BCUT2D eigenvalue weighted by Gasteiger charge is -2.39. The maximum Gasteiger partial charge on any atom is 0.410 e. The molecular formula is C16H20N4O4. The van der Waals surface area contributed by atoms with Crippen LogP contribution in [-0.4, -0.2) is 57.5 Å². The Morgan fingerprint density at radius 2 is 1.96 bits per heavy atom. The predicted octanol–water partition coefficient (Wildman–Crippen LogP) is 2.01. The van der Waals surface area contributed by atoms with Gasteiger partial charge in [-0.15, -0.1) is 0 Å². The lowest BCUT2D eigenvalue weighted by Crippen LogP contribution is -2.52. The third-order valence-electron chi connectivity index (χ3n) is 3.71. The van der Waals surface area contributed by atoms with Crippen molar-refractivity contribution in [3.05, 3.63) is 24.0 Å². The zero-order valence-electron chi connectivity index (χ0n) is 14.1. The van der Waals surface area contributed by atoms with Gasteiger partial charge < -0.3 is 14.4 Å². The van der Waals surface area contributed by atoms with Gasteiger partial charge in [0, 0.05) is 13.1 Å². The van der Waals surface area contributed by atoms with Crippen LogP contribution >= 0.6 is 0 Å². The molecule has 0 spiro atoms. The van der Waals surface area contributed by atoms with Crippen molar-refractivity contribution in [2.75, 3.05) is 20.2 Å². The topological polar surface area (TPSA) is 86.6 Å². The summed E-state index contributed by atoms with van der Waals surface area (Å²) < 4.78 is 11.8. The van der Waals surface area contributed by atoms with Crippen LogP contribution in [-0.2, 0) is 9.47 Å². The summed E-state index contributed by atoms with van der Waals surface area (Å²) in [6.45, 7) is 6.59. The van der Waals surface area contributed by atoms with Crippen molar-refractivity contribution >= 4 is 23.1 Å². The van der Waals surface area contributed by atoms with Crippen LogP contribution in [0.2, 0.25) is 0 Å². The second kappa shape index (κ2) is 5.77. The summed E-state index contributed by atoms with van der Waals surface area (Å²) in [6, 6.07) is 3.47. The molecule has 0 aromatic carbocycles. The number of nitrogens with zero attached hydrogens (tertiary/aromatic N) is 4. The first-order valence-electron chi connectivity index (χ1n) is 7.69. The number of hydrogen-bond acceptors (Lipinski definition) is 6. The molecule has 3 heterocycles. The van der Waals surface area contributed by atoms with E-state index in [0.717, 1.165) is 5.52 Å². The summed E-state index contributed by atoms with van der Waals surface area (Å²) in [5.41, 5.74) is 1.17. The number of esters is 1. The third kappa shape index (κ3) is 3.04. The molecule has 0 atom stereocenters. The summed E-state index contributed by atoms with van der Waals surface area (Å²) >= 11 is 0. The summed E-state index contributed by atoms with van der Waals surface area (Å²) in [6.07, 6.45) is 1.29. The van der Waals surface area contributed by atoms with Crippen LogP contribution in [0, 0.1) is 0 Å². The highest BCUT2D eigenvalue weighted by Gasteiger charge is 2.35. The van der Waals surface area contributed by atoms with E-state index >= 15 is 0 Å². The average molecular weight is 332 g/mol. The number of fused-ring (bicyclic) bond motifs is 1. The van der Waals surface area contributed by atoms with Crippen LogP contribution < -0.4 is 0 Å². The minimum absolute atomic E-state index is 0.0702. The van der Waals surface area contributed by atoms with Crippen LogP contribution in [0.3, 0.4) is 0 Å². The summed E-state index contributed by atoms with van der Waals surface area (Å²) in [7, 11) is 1.32. The Balaban J connectivity index is 1.71. The van der Waals surface area contributed by atoms with Gasteiger partial charge in [-0.05, 0) is 32.9 Å². The number of likely N-dealkylation sites (tertiary alicyclic amines) is 1. The van der Waals surface area contributed by atoms with Crippen LogP contribution in [0.15, 0.2) is 18.3 Å². The first-order valence-corrected chi connectivity index (χ1v) is 7.69. The Labute approximate surface area is 139 Å². The first-order chi connectivity index (χ1) is 11.3. The van der Waals surface area contributed by atoms with Crippen molar-refractivity contribution in [2.24, 2.45) is 0 Å². The number of ether oxygens (including phenoxy) is 2. The fraction of sp³-hybridized carbons (Fsp3) is 0.500.